The lowest BCUT2D eigenvalue weighted by molar-refractivity contribution is 0.0891. The van der Waals surface area contributed by atoms with Crippen LogP contribution in [0.4, 0.5) is 0 Å². The third-order valence-electron chi connectivity index (χ3n) is 3.56. The van der Waals surface area contributed by atoms with Gasteiger partial charge in [0, 0.05) is 11.8 Å². The largest absolute Gasteiger partial charge is 0.294 e. The van der Waals surface area contributed by atoms with Gasteiger partial charge in [-0.15, -0.1) is 0 Å². The molecular formula is C18H16N4O2. The highest BCUT2D eigenvalue weighted by Crippen LogP contribution is 2.11. The number of aromatic nitrogens is 4. The molecule has 3 aromatic rings. The summed E-state index contributed by atoms with van der Waals surface area (Å²) >= 11 is 0. The summed E-state index contributed by atoms with van der Waals surface area (Å²) in [5.74, 6) is -0.499. The molecule has 1 aromatic carbocycles. The molecule has 0 radical (unpaired) electrons. The Hall–Kier alpha value is -3.15. The Labute approximate surface area is 139 Å². The standard InChI is InChI=1S/C18H16N4O2/c1-13-5-6-19-16(9-13)18(24)11-17(23)15-4-2-3-14(10-15)12-22-20-7-8-21-22/h2-10H,11-12H2,1H3. The molecule has 0 unspecified atom stereocenters. The lowest BCUT2D eigenvalue weighted by Gasteiger charge is -2.05. The third-order valence-corrected chi connectivity index (χ3v) is 3.56. The van der Waals surface area contributed by atoms with Gasteiger partial charge in [0.2, 0.25) is 0 Å². The van der Waals surface area contributed by atoms with Crippen molar-refractivity contribution in [1.29, 1.82) is 0 Å². The van der Waals surface area contributed by atoms with Crippen LogP contribution in [0.15, 0.2) is 55.0 Å². The molecule has 0 atom stereocenters. The number of pyridine rings is 1. The Morgan fingerprint density at radius 2 is 1.79 bits per heavy atom. The van der Waals surface area contributed by atoms with Crippen molar-refractivity contribution in [2.45, 2.75) is 19.9 Å². The van der Waals surface area contributed by atoms with E-state index in [-0.39, 0.29) is 18.0 Å². The van der Waals surface area contributed by atoms with Crippen molar-refractivity contribution >= 4 is 11.6 Å². The Morgan fingerprint density at radius 1 is 1.00 bits per heavy atom. The number of rotatable bonds is 6. The van der Waals surface area contributed by atoms with Crippen LogP contribution in [-0.2, 0) is 6.54 Å². The Balaban J connectivity index is 1.72. The highest BCUT2D eigenvalue weighted by Gasteiger charge is 2.15. The van der Waals surface area contributed by atoms with Crippen molar-refractivity contribution in [2.24, 2.45) is 0 Å². The average Bonchev–Trinajstić information content (AvgIpc) is 3.08. The van der Waals surface area contributed by atoms with E-state index in [0.29, 0.717) is 17.8 Å². The van der Waals surface area contributed by atoms with Crippen LogP contribution in [0.3, 0.4) is 0 Å². The quantitative estimate of drug-likeness (QED) is 0.515. The first-order valence-electron chi connectivity index (χ1n) is 7.54. The molecule has 120 valence electrons. The summed E-state index contributed by atoms with van der Waals surface area (Å²) in [5, 5.41) is 8.08. The molecular weight excluding hydrogens is 304 g/mol. The van der Waals surface area contributed by atoms with Crippen LogP contribution >= 0.6 is 0 Å². The van der Waals surface area contributed by atoms with Gasteiger partial charge in [0.1, 0.15) is 5.69 Å². The van der Waals surface area contributed by atoms with Crippen LogP contribution < -0.4 is 0 Å². The fraction of sp³-hybridized carbons (Fsp3) is 0.167. The SMILES string of the molecule is Cc1ccnc(C(=O)CC(=O)c2cccc(Cn3nccn3)c2)c1. The smallest absolute Gasteiger partial charge is 0.188 e. The van der Waals surface area contributed by atoms with Crippen molar-refractivity contribution in [2.75, 3.05) is 0 Å². The maximum absolute atomic E-state index is 12.4. The zero-order chi connectivity index (χ0) is 16.9. The predicted molar refractivity (Wildman–Crippen MR) is 87.8 cm³/mol. The van der Waals surface area contributed by atoms with Crippen molar-refractivity contribution in [1.82, 2.24) is 20.0 Å². The summed E-state index contributed by atoms with van der Waals surface area (Å²) in [4.78, 5) is 30.2. The van der Waals surface area contributed by atoms with Gasteiger partial charge in [-0.3, -0.25) is 14.6 Å². The van der Waals surface area contributed by atoms with Crippen LogP contribution in [0.25, 0.3) is 0 Å². The van der Waals surface area contributed by atoms with Crippen molar-refractivity contribution in [3.05, 3.63) is 77.4 Å². The number of hydrogen-bond acceptors (Lipinski definition) is 5. The lowest BCUT2D eigenvalue weighted by atomic mass is 10.0. The summed E-state index contributed by atoms with van der Waals surface area (Å²) in [6, 6.07) is 10.7. The summed E-state index contributed by atoms with van der Waals surface area (Å²) in [5.41, 5.74) is 2.66. The van der Waals surface area contributed by atoms with Gasteiger partial charge in [0.05, 0.1) is 25.4 Å². The second-order valence-electron chi connectivity index (χ2n) is 5.50. The van der Waals surface area contributed by atoms with E-state index < -0.39 is 0 Å². The predicted octanol–water partition coefficient (Wildman–Crippen LogP) is 2.49. The summed E-state index contributed by atoms with van der Waals surface area (Å²) in [6.07, 6.45) is 4.58. The zero-order valence-electron chi connectivity index (χ0n) is 13.2. The fourth-order valence-corrected chi connectivity index (χ4v) is 2.36. The molecule has 0 spiro atoms. The van der Waals surface area contributed by atoms with Crippen LogP contribution in [0.2, 0.25) is 0 Å². The molecule has 24 heavy (non-hydrogen) atoms. The maximum atomic E-state index is 12.4. The van der Waals surface area contributed by atoms with Gasteiger partial charge in [-0.25, -0.2) is 0 Å². The summed E-state index contributed by atoms with van der Waals surface area (Å²) < 4.78 is 0. The van der Waals surface area contributed by atoms with Crippen LogP contribution in [0.1, 0.15) is 38.4 Å². The van der Waals surface area contributed by atoms with E-state index in [1.807, 2.05) is 19.1 Å². The molecule has 0 aliphatic carbocycles. The molecule has 3 rings (SSSR count). The zero-order valence-corrected chi connectivity index (χ0v) is 13.2. The van der Waals surface area contributed by atoms with E-state index in [2.05, 4.69) is 15.2 Å². The average molecular weight is 320 g/mol. The van der Waals surface area contributed by atoms with E-state index in [9.17, 15) is 9.59 Å². The van der Waals surface area contributed by atoms with Crippen molar-refractivity contribution in [3.63, 3.8) is 0 Å². The Morgan fingerprint density at radius 3 is 2.54 bits per heavy atom. The minimum atomic E-state index is -0.275. The molecule has 2 aromatic heterocycles. The van der Waals surface area contributed by atoms with Crippen LogP contribution in [-0.4, -0.2) is 31.5 Å². The number of Topliss-reactive ketones (excluding diaryl/α,β-unsaturated/α-hetero) is 2. The van der Waals surface area contributed by atoms with Crippen LogP contribution in [0, 0.1) is 6.92 Å². The highest BCUT2D eigenvalue weighted by molar-refractivity contribution is 6.12. The second kappa shape index (κ2) is 6.95. The third kappa shape index (κ3) is 3.78. The molecule has 0 amide bonds. The molecule has 0 saturated heterocycles. The first-order valence-corrected chi connectivity index (χ1v) is 7.54. The van der Waals surface area contributed by atoms with E-state index in [1.165, 1.54) is 4.80 Å². The number of aryl methyl sites for hydroxylation is 1. The normalized spacial score (nSPS) is 10.5. The number of hydrogen-bond donors (Lipinski definition) is 0. The lowest BCUT2D eigenvalue weighted by Crippen LogP contribution is -2.11. The molecule has 6 heteroatoms. The molecule has 0 saturated carbocycles. The van der Waals surface area contributed by atoms with Gasteiger partial charge in [-0.2, -0.15) is 15.0 Å². The van der Waals surface area contributed by atoms with Gasteiger partial charge in [-0.05, 0) is 36.2 Å². The first-order chi connectivity index (χ1) is 11.6. The van der Waals surface area contributed by atoms with Gasteiger partial charge in [-0.1, -0.05) is 18.2 Å². The van der Waals surface area contributed by atoms with Gasteiger partial charge < -0.3 is 0 Å². The minimum Gasteiger partial charge on any atom is -0.294 e. The molecule has 0 bridgehead atoms. The monoisotopic (exact) mass is 320 g/mol. The molecule has 0 N–H and O–H groups in total. The number of benzene rings is 1. The summed E-state index contributed by atoms with van der Waals surface area (Å²) in [6.45, 7) is 2.36. The van der Waals surface area contributed by atoms with Gasteiger partial charge >= 0.3 is 0 Å². The van der Waals surface area contributed by atoms with E-state index in [4.69, 9.17) is 0 Å². The molecule has 6 nitrogen and oxygen atoms in total. The number of carbonyl (C=O) groups is 2. The first kappa shape index (κ1) is 15.7. The maximum Gasteiger partial charge on any atom is 0.188 e. The number of nitrogens with zero attached hydrogens (tertiary/aromatic N) is 4. The van der Waals surface area contributed by atoms with E-state index in [1.54, 1.807) is 42.9 Å². The molecule has 0 fully saturated rings. The Bertz CT molecular complexity index is 872. The van der Waals surface area contributed by atoms with E-state index >= 15 is 0 Å². The van der Waals surface area contributed by atoms with E-state index in [0.717, 1.165) is 11.1 Å². The highest BCUT2D eigenvalue weighted by atomic mass is 16.1. The minimum absolute atomic E-state index is 0.195. The van der Waals surface area contributed by atoms with Gasteiger partial charge in [0.25, 0.3) is 0 Å². The van der Waals surface area contributed by atoms with Crippen molar-refractivity contribution in [3.8, 4) is 0 Å². The number of ketones is 2. The topological polar surface area (TPSA) is 77.7 Å². The Kier molecular flexibility index (Phi) is 4.56. The fourth-order valence-electron chi connectivity index (χ4n) is 2.36. The molecule has 0 aliphatic heterocycles. The van der Waals surface area contributed by atoms with Gasteiger partial charge in [0.15, 0.2) is 11.6 Å². The van der Waals surface area contributed by atoms with Crippen LogP contribution in [0.5, 0.6) is 0 Å². The summed E-state index contributed by atoms with van der Waals surface area (Å²) in [7, 11) is 0. The molecule has 2 heterocycles. The second-order valence-corrected chi connectivity index (χ2v) is 5.50. The molecule has 0 aliphatic rings. The van der Waals surface area contributed by atoms with Crippen molar-refractivity contribution < 1.29 is 9.59 Å². The number of carbonyl (C=O) groups excluding carboxylic acids is 2.